The summed E-state index contributed by atoms with van der Waals surface area (Å²) in [6.45, 7) is 1.08. The van der Waals surface area contributed by atoms with Gasteiger partial charge in [0.15, 0.2) is 0 Å². The standard InChI is InChI=1S/C17H21N3O4/c18-16(23)17(5-7-24-8-6-17)10-19-15(22)12-9-14(21)20-13-4-2-1-3-11(12)13/h1-4,12H,5-10H2,(H2,18,23)(H,19,22)(H,20,21). The van der Waals surface area contributed by atoms with Crippen LogP contribution in [0.15, 0.2) is 24.3 Å². The summed E-state index contributed by atoms with van der Waals surface area (Å²) in [6.07, 6.45) is 1.07. The highest BCUT2D eigenvalue weighted by Gasteiger charge is 2.40. The average Bonchev–Trinajstić information content (AvgIpc) is 2.59. The maximum Gasteiger partial charge on any atom is 0.228 e. The van der Waals surface area contributed by atoms with E-state index in [1.165, 1.54) is 0 Å². The molecule has 3 rings (SSSR count). The summed E-state index contributed by atoms with van der Waals surface area (Å²) < 4.78 is 5.29. The molecule has 1 atom stereocenters. The predicted octanol–water partition coefficient (Wildman–Crippen LogP) is 0.511. The van der Waals surface area contributed by atoms with Gasteiger partial charge in [-0.1, -0.05) is 18.2 Å². The Hall–Kier alpha value is -2.41. The molecule has 128 valence electrons. The van der Waals surface area contributed by atoms with Crippen LogP contribution in [0.4, 0.5) is 5.69 Å². The zero-order valence-electron chi connectivity index (χ0n) is 13.3. The number of ether oxygens (including phenoxy) is 1. The van der Waals surface area contributed by atoms with Gasteiger partial charge in [-0.2, -0.15) is 0 Å². The molecule has 0 radical (unpaired) electrons. The van der Waals surface area contributed by atoms with Crippen LogP contribution in [0.2, 0.25) is 0 Å². The summed E-state index contributed by atoms with van der Waals surface area (Å²) >= 11 is 0. The molecule has 0 spiro atoms. The van der Waals surface area contributed by atoms with E-state index >= 15 is 0 Å². The predicted molar refractivity (Wildman–Crippen MR) is 87.1 cm³/mol. The molecule has 24 heavy (non-hydrogen) atoms. The minimum atomic E-state index is -0.773. The van der Waals surface area contributed by atoms with Gasteiger partial charge in [-0.15, -0.1) is 0 Å². The fourth-order valence-corrected chi connectivity index (χ4v) is 3.30. The van der Waals surface area contributed by atoms with Crippen LogP contribution in [-0.2, 0) is 19.1 Å². The SMILES string of the molecule is NC(=O)C1(CNC(=O)C2CC(=O)Nc3ccccc32)CCOCC1. The Labute approximate surface area is 139 Å². The largest absolute Gasteiger partial charge is 0.381 e. The van der Waals surface area contributed by atoms with Gasteiger partial charge >= 0.3 is 0 Å². The second-order valence-corrected chi connectivity index (χ2v) is 6.37. The first kappa shape index (κ1) is 16.4. The van der Waals surface area contributed by atoms with Crippen molar-refractivity contribution in [3.63, 3.8) is 0 Å². The second kappa shape index (κ2) is 6.60. The molecular formula is C17H21N3O4. The second-order valence-electron chi connectivity index (χ2n) is 6.37. The number of benzene rings is 1. The third-order valence-corrected chi connectivity index (χ3v) is 4.89. The van der Waals surface area contributed by atoms with Crippen molar-refractivity contribution in [3.8, 4) is 0 Å². The number of amides is 3. The first-order valence-corrected chi connectivity index (χ1v) is 8.06. The number of nitrogens with one attached hydrogen (secondary N) is 2. The fourth-order valence-electron chi connectivity index (χ4n) is 3.30. The topological polar surface area (TPSA) is 111 Å². The molecule has 0 aromatic heterocycles. The van der Waals surface area contributed by atoms with Gasteiger partial charge in [-0.25, -0.2) is 0 Å². The number of nitrogens with two attached hydrogens (primary N) is 1. The maximum atomic E-state index is 12.6. The van der Waals surface area contributed by atoms with Gasteiger partial charge in [0.05, 0.1) is 11.3 Å². The Morgan fingerprint density at radius 2 is 2.00 bits per heavy atom. The van der Waals surface area contributed by atoms with Gasteiger partial charge in [-0.05, 0) is 24.5 Å². The summed E-state index contributed by atoms with van der Waals surface area (Å²) in [4.78, 5) is 36.3. The third-order valence-electron chi connectivity index (χ3n) is 4.89. The van der Waals surface area contributed by atoms with Crippen molar-refractivity contribution in [2.24, 2.45) is 11.1 Å². The Balaban J connectivity index is 1.73. The van der Waals surface area contributed by atoms with E-state index in [1.807, 2.05) is 18.2 Å². The minimum Gasteiger partial charge on any atom is -0.381 e. The van der Waals surface area contributed by atoms with Crippen molar-refractivity contribution < 1.29 is 19.1 Å². The zero-order valence-corrected chi connectivity index (χ0v) is 13.3. The summed E-state index contributed by atoms with van der Waals surface area (Å²) in [6, 6.07) is 7.25. The van der Waals surface area contributed by atoms with E-state index in [1.54, 1.807) is 6.07 Å². The Kier molecular flexibility index (Phi) is 4.53. The van der Waals surface area contributed by atoms with Gasteiger partial charge in [-0.3, -0.25) is 14.4 Å². The highest BCUT2D eigenvalue weighted by atomic mass is 16.5. The normalized spacial score (nSPS) is 22.2. The molecule has 0 aliphatic carbocycles. The first-order valence-electron chi connectivity index (χ1n) is 8.06. The lowest BCUT2D eigenvalue weighted by molar-refractivity contribution is -0.134. The molecule has 1 fully saturated rings. The van der Waals surface area contributed by atoms with Crippen molar-refractivity contribution in [2.75, 3.05) is 25.1 Å². The number of carbonyl (C=O) groups is 3. The van der Waals surface area contributed by atoms with Crippen LogP contribution >= 0.6 is 0 Å². The van der Waals surface area contributed by atoms with Gasteiger partial charge in [0, 0.05) is 31.9 Å². The molecule has 1 aromatic rings. The monoisotopic (exact) mass is 331 g/mol. The van der Waals surface area contributed by atoms with Crippen molar-refractivity contribution in [3.05, 3.63) is 29.8 Å². The molecule has 3 amide bonds. The summed E-state index contributed by atoms with van der Waals surface area (Å²) in [5, 5.41) is 5.60. The van der Waals surface area contributed by atoms with Crippen molar-refractivity contribution >= 4 is 23.4 Å². The lowest BCUT2D eigenvalue weighted by atomic mass is 9.79. The highest BCUT2D eigenvalue weighted by molar-refractivity contribution is 6.01. The van der Waals surface area contributed by atoms with E-state index in [2.05, 4.69) is 10.6 Å². The summed E-state index contributed by atoms with van der Waals surface area (Å²) in [5.74, 6) is -1.43. The Morgan fingerprint density at radius 3 is 2.71 bits per heavy atom. The van der Waals surface area contributed by atoms with Gasteiger partial charge in [0.25, 0.3) is 0 Å². The molecular weight excluding hydrogens is 310 g/mol. The van der Waals surface area contributed by atoms with Crippen molar-refractivity contribution in [1.82, 2.24) is 5.32 Å². The number of fused-ring (bicyclic) bond motifs is 1. The number of primary amides is 1. The smallest absolute Gasteiger partial charge is 0.228 e. The number of anilines is 1. The summed E-state index contributed by atoms with van der Waals surface area (Å²) in [7, 11) is 0. The zero-order chi connectivity index (χ0) is 17.2. The van der Waals surface area contributed by atoms with E-state index in [-0.39, 0.29) is 24.8 Å². The van der Waals surface area contributed by atoms with Crippen LogP contribution in [-0.4, -0.2) is 37.5 Å². The lowest BCUT2D eigenvalue weighted by Gasteiger charge is -2.35. The third kappa shape index (κ3) is 3.12. The number of para-hydroxylation sites is 1. The van der Waals surface area contributed by atoms with Gasteiger partial charge in [0.1, 0.15) is 0 Å². The van der Waals surface area contributed by atoms with E-state index in [4.69, 9.17) is 10.5 Å². The average molecular weight is 331 g/mol. The first-order chi connectivity index (χ1) is 11.5. The van der Waals surface area contributed by atoms with E-state index < -0.39 is 17.2 Å². The van der Waals surface area contributed by atoms with Crippen LogP contribution in [0, 0.1) is 5.41 Å². The van der Waals surface area contributed by atoms with E-state index in [0.717, 1.165) is 5.56 Å². The molecule has 2 heterocycles. The molecule has 0 bridgehead atoms. The number of hydrogen-bond acceptors (Lipinski definition) is 4. The number of hydrogen-bond donors (Lipinski definition) is 3. The number of rotatable bonds is 4. The molecule has 0 saturated carbocycles. The van der Waals surface area contributed by atoms with Crippen LogP contribution < -0.4 is 16.4 Å². The van der Waals surface area contributed by atoms with Gasteiger partial charge < -0.3 is 21.1 Å². The van der Waals surface area contributed by atoms with Crippen LogP contribution in [0.25, 0.3) is 0 Å². The summed E-state index contributed by atoms with van der Waals surface area (Å²) in [5.41, 5.74) is 6.23. The van der Waals surface area contributed by atoms with Crippen LogP contribution in [0.1, 0.15) is 30.7 Å². The van der Waals surface area contributed by atoms with E-state index in [0.29, 0.717) is 31.7 Å². The van der Waals surface area contributed by atoms with Crippen LogP contribution in [0.3, 0.4) is 0 Å². The molecule has 7 nitrogen and oxygen atoms in total. The van der Waals surface area contributed by atoms with Crippen LogP contribution in [0.5, 0.6) is 0 Å². The maximum absolute atomic E-state index is 12.6. The lowest BCUT2D eigenvalue weighted by Crippen LogP contribution is -2.50. The number of carbonyl (C=O) groups excluding carboxylic acids is 3. The van der Waals surface area contributed by atoms with E-state index in [9.17, 15) is 14.4 Å². The van der Waals surface area contributed by atoms with Crippen molar-refractivity contribution in [2.45, 2.75) is 25.2 Å². The quantitative estimate of drug-likeness (QED) is 0.746. The fraction of sp³-hybridized carbons (Fsp3) is 0.471. The van der Waals surface area contributed by atoms with Crippen molar-refractivity contribution in [1.29, 1.82) is 0 Å². The molecule has 1 aromatic carbocycles. The molecule has 1 saturated heterocycles. The Morgan fingerprint density at radius 1 is 1.29 bits per heavy atom. The minimum absolute atomic E-state index is 0.0928. The molecule has 2 aliphatic rings. The van der Waals surface area contributed by atoms with Gasteiger partial charge in [0.2, 0.25) is 17.7 Å². The molecule has 4 N–H and O–H groups in total. The molecule has 7 heteroatoms. The Bertz CT molecular complexity index is 668. The molecule has 1 unspecified atom stereocenters. The highest BCUT2D eigenvalue weighted by Crippen LogP contribution is 2.33. The molecule has 2 aliphatic heterocycles.